The first-order chi connectivity index (χ1) is 16.3. The Morgan fingerprint density at radius 3 is 2.65 bits per heavy atom. The van der Waals surface area contributed by atoms with Crippen molar-refractivity contribution >= 4 is 5.91 Å². The topological polar surface area (TPSA) is 88.0 Å². The van der Waals surface area contributed by atoms with Gasteiger partial charge in [0.1, 0.15) is 0 Å². The van der Waals surface area contributed by atoms with Crippen molar-refractivity contribution in [2.75, 3.05) is 15.5 Å². The molecule has 3 heterocycles. The summed E-state index contributed by atoms with van der Waals surface area (Å²) in [5, 5.41) is 20.5. The summed E-state index contributed by atoms with van der Waals surface area (Å²) < 4.78 is 31.0. The minimum atomic E-state index is -0.657. The van der Waals surface area contributed by atoms with Gasteiger partial charge in [0.2, 0.25) is 0 Å². The molecule has 6 nitrogen and oxygen atoms in total. The van der Waals surface area contributed by atoms with E-state index in [4.69, 9.17) is 10.1 Å². The molecule has 5 rings (SSSR count). The van der Waals surface area contributed by atoms with E-state index in [9.17, 15) is 13.6 Å². The number of amides is 1. The van der Waals surface area contributed by atoms with Crippen LogP contribution in [-0.2, 0) is 16.8 Å². The molecule has 0 saturated carbocycles. The number of nitrogens with one attached hydrogen (secondary N) is 1. The molecular formula is C25H24F2IN4O2-. The van der Waals surface area contributed by atoms with Crippen LogP contribution >= 0.6 is 0 Å². The van der Waals surface area contributed by atoms with Gasteiger partial charge in [-0.05, 0) is 0 Å². The molecule has 1 aliphatic heterocycles. The molecule has 2 atom stereocenters. The summed E-state index contributed by atoms with van der Waals surface area (Å²) in [6, 6.07) is 11.4. The summed E-state index contributed by atoms with van der Waals surface area (Å²) in [6.07, 6.45) is 0. The quantitative estimate of drug-likeness (QED) is 0.328. The monoisotopic (exact) mass is 577 g/mol. The molecule has 1 amide bonds. The summed E-state index contributed by atoms with van der Waals surface area (Å²) in [5.41, 5.74) is 2.76. The Balaban J connectivity index is 1.63. The van der Waals surface area contributed by atoms with E-state index in [0.717, 1.165) is 25.8 Å². The number of nitrogens with zero attached hydrogens (tertiary/aromatic N) is 3. The van der Waals surface area contributed by atoms with Gasteiger partial charge in [-0.1, -0.05) is 0 Å². The summed E-state index contributed by atoms with van der Waals surface area (Å²) in [6.45, 7) is 4.07. The number of aromatic nitrogens is 3. The van der Waals surface area contributed by atoms with E-state index < -0.39 is 29.6 Å². The molecule has 178 valence electrons. The SMILES string of the molecule is CC1(C)[C@H]2C[I-]C[C@]1(c1cccc(CNC(=O)CO)n1)c1nnc(-c3c(F)cccc3F)cc12. The van der Waals surface area contributed by atoms with Gasteiger partial charge < -0.3 is 0 Å². The Morgan fingerprint density at radius 1 is 1.18 bits per heavy atom. The van der Waals surface area contributed by atoms with Gasteiger partial charge in [-0.3, -0.25) is 0 Å². The predicted octanol–water partition coefficient (Wildman–Crippen LogP) is -0.0626. The number of carbonyl (C=O) groups excluding carboxylic acids is 1. The first-order valence-corrected chi connectivity index (χ1v) is 14.0. The predicted molar refractivity (Wildman–Crippen MR) is 118 cm³/mol. The fraction of sp³-hybridized carbons (Fsp3) is 0.360. The van der Waals surface area contributed by atoms with Crippen LogP contribution in [0.5, 0.6) is 0 Å². The number of alkyl halides is 2. The van der Waals surface area contributed by atoms with Gasteiger partial charge in [0.15, 0.2) is 0 Å². The second kappa shape index (κ2) is 8.60. The molecular weight excluding hydrogens is 553 g/mol. The number of aliphatic hydroxyl groups is 1. The van der Waals surface area contributed by atoms with Crippen LogP contribution in [0, 0.1) is 17.0 Å². The molecule has 2 N–H and O–H groups in total. The summed E-state index contributed by atoms with van der Waals surface area (Å²) in [7, 11) is 0. The van der Waals surface area contributed by atoms with E-state index in [1.807, 2.05) is 24.3 Å². The molecule has 1 aliphatic carbocycles. The van der Waals surface area contributed by atoms with E-state index >= 15 is 0 Å². The fourth-order valence-electron chi connectivity index (χ4n) is 5.26. The minimum absolute atomic E-state index is 0.152. The molecule has 34 heavy (non-hydrogen) atoms. The third-order valence-electron chi connectivity index (χ3n) is 7.21. The van der Waals surface area contributed by atoms with Crippen LogP contribution in [0.4, 0.5) is 8.78 Å². The number of pyridine rings is 1. The molecule has 0 unspecified atom stereocenters. The molecule has 1 saturated heterocycles. The van der Waals surface area contributed by atoms with E-state index in [-0.39, 0.29) is 50.3 Å². The standard InChI is InChI=1S/C25H24F2IN4O2/c1-24(2)16-10-28-13-25(24,20-8-3-5-14(30-20)11-29-21(34)12-33)23-15(16)9-19(31-32-23)22-17(26)6-4-7-18(22)27/h3-9,16,33H,10-13H2,1-2H3,(H,29,34)/q-1/t16-,25-/m0/s1. The Hall–Kier alpha value is -2.53. The average Bonchev–Trinajstić information content (AvgIpc) is 2.93. The molecule has 1 aromatic carbocycles. The first kappa shape index (κ1) is 23.2. The number of hydrogen-bond donors (Lipinski definition) is 2. The van der Waals surface area contributed by atoms with Gasteiger partial charge in [-0.15, -0.1) is 0 Å². The molecule has 0 radical (unpaired) electrons. The maximum absolute atomic E-state index is 14.5. The Morgan fingerprint density at radius 2 is 1.91 bits per heavy atom. The fourth-order valence-corrected chi connectivity index (χ4v) is 10.3. The van der Waals surface area contributed by atoms with Crippen LogP contribution in [0.15, 0.2) is 42.5 Å². The zero-order chi connectivity index (χ0) is 24.1. The van der Waals surface area contributed by atoms with E-state index in [1.54, 1.807) is 0 Å². The number of hydrogen-bond acceptors (Lipinski definition) is 5. The van der Waals surface area contributed by atoms with Crippen LogP contribution in [0.2, 0.25) is 0 Å². The number of aliphatic hydroxyl groups excluding tert-OH is 1. The van der Waals surface area contributed by atoms with Gasteiger partial charge >= 0.3 is 207 Å². The Kier molecular flexibility index (Phi) is 5.87. The van der Waals surface area contributed by atoms with E-state index in [0.29, 0.717) is 5.69 Å². The molecule has 2 aliphatic rings. The zero-order valence-corrected chi connectivity index (χ0v) is 20.9. The van der Waals surface area contributed by atoms with Crippen LogP contribution in [0.25, 0.3) is 11.3 Å². The van der Waals surface area contributed by atoms with E-state index in [1.165, 1.54) is 18.2 Å². The molecule has 2 bridgehead atoms. The van der Waals surface area contributed by atoms with Crippen molar-refractivity contribution in [3.63, 3.8) is 0 Å². The van der Waals surface area contributed by atoms with Crippen molar-refractivity contribution in [2.24, 2.45) is 5.41 Å². The van der Waals surface area contributed by atoms with Gasteiger partial charge in [-0.2, -0.15) is 0 Å². The third kappa shape index (κ3) is 3.43. The normalized spacial score (nSPS) is 22.6. The van der Waals surface area contributed by atoms with Crippen LogP contribution in [0.1, 0.15) is 42.4 Å². The van der Waals surface area contributed by atoms with E-state index in [2.05, 4.69) is 29.4 Å². The van der Waals surface area contributed by atoms with Crippen molar-refractivity contribution in [3.05, 3.63) is 76.7 Å². The zero-order valence-electron chi connectivity index (χ0n) is 18.8. The number of benzene rings is 1. The van der Waals surface area contributed by atoms with Crippen molar-refractivity contribution < 1.29 is 39.9 Å². The molecule has 1 fully saturated rings. The van der Waals surface area contributed by atoms with Gasteiger partial charge in [0.25, 0.3) is 0 Å². The van der Waals surface area contributed by atoms with Gasteiger partial charge in [0.05, 0.1) is 0 Å². The second-order valence-corrected chi connectivity index (χ2v) is 12.0. The first-order valence-electron chi connectivity index (χ1n) is 11.0. The molecule has 2 aromatic heterocycles. The number of rotatable bonds is 5. The summed E-state index contributed by atoms with van der Waals surface area (Å²) >= 11 is -0.154. The third-order valence-corrected chi connectivity index (χ3v) is 10.4. The van der Waals surface area contributed by atoms with Gasteiger partial charge in [0, 0.05) is 0 Å². The molecule has 0 spiro atoms. The average molecular weight is 577 g/mol. The van der Waals surface area contributed by atoms with Crippen molar-refractivity contribution in [1.82, 2.24) is 20.5 Å². The summed E-state index contributed by atoms with van der Waals surface area (Å²) in [5.74, 6) is -1.58. The van der Waals surface area contributed by atoms with Crippen molar-refractivity contribution in [1.29, 1.82) is 0 Å². The Bertz CT molecular complexity index is 1270. The number of halogens is 3. The van der Waals surface area contributed by atoms with Crippen LogP contribution in [-0.4, -0.2) is 41.7 Å². The number of fused-ring (bicyclic) bond motifs is 5. The van der Waals surface area contributed by atoms with Crippen LogP contribution < -0.4 is 26.5 Å². The second-order valence-electron chi connectivity index (χ2n) is 9.24. The maximum atomic E-state index is 14.5. The Labute approximate surface area is 206 Å². The van der Waals surface area contributed by atoms with Gasteiger partial charge in [-0.25, -0.2) is 0 Å². The van der Waals surface area contributed by atoms with Crippen molar-refractivity contribution in [3.8, 4) is 11.3 Å². The molecule has 9 heteroatoms. The molecule has 3 aromatic rings. The van der Waals surface area contributed by atoms with Crippen LogP contribution in [0.3, 0.4) is 0 Å². The number of carbonyl (C=O) groups is 1. The van der Waals surface area contributed by atoms with Crippen molar-refractivity contribution in [2.45, 2.75) is 31.7 Å². The summed E-state index contributed by atoms with van der Waals surface area (Å²) in [4.78, 5) is 16.4.